The van der Waals surface area contributed by atoms with Gasteiger partial charge in [-0.05, 0) is 49.9 Å². The van der Waals surface area contributed by atoms with Crippen LogP contribution in [0.5, 0.6) is 11.5 Å². The average molecular weight is 544 g/mol. The molecule has 1 saturated carbocycles. The first-order valence-electron chi connectivity index (χ1n) is 13.9. The van der Waals surface area contributed by atoms with Crippen molar-refractivity contribution in [3.8, 4) is 11.5 Å². The normalized spacial score (nSPS) is 17.4. The molecule has 2 aliphatic rings. The number of benzene rings is 1. The van der Waals surface area contributed by atoms with E-state index in [9.17, 15) is 9.59 Å². The molecule has 12 nitrogen and oxygen atoms in total. The van der Waals surface area contributed by atoms with Crippen LogP contribution in [0.3, 0.4) is 0 Å². The fourth-order valence-electron chi connectivity index (χ4n) is 5.57. The van der Waals surface area contributed by atoms with Crippen LogP contribution < -0.4 is 15.4 Å². The number of H-pyrrole nitrogens is 2. The lowest BCUT2D eigenvalue weighted by Crippen LogP contribution is -2.31. The molecule has 2 fully saturated rings. The van der Waals surface area contributed by atoms with Gasteiger partial charge in [-0.1, -0.05) is 25.7 Å². The minimum Gasteiger partial charge on any atom is -0.456 e. The Balaban J connectivity index is 1.09. The number of ether oxygens (including phenoxy) is 1. The van der Waals surface area contributed by atoms with Gasteiger partial charge >= 0.3 is 0 Å². The molecule has 2 amide bonds. The first-order valence-corrected chi connectivity index (χ1v) is 13.9. The van der Waals surface area contributed by atoms with Gasteiger partial charge in [0.25, 0.3) is 5.91 Å². The molecule has 208 valence electrons. The molecule has 1 aliphatic heterocycles. The number of carbonyl (C=O) groups excluding carboxylic acids is 2. The number of rotatable bonds is 9. The highest BCUT2D eigenvalue weighted by Crippen LogP contribution is 2.34. The Bertz CT molecular complexity index is 1490. The van der Waals surface area contributed by atoms with Gasteiger partial charge < -0.3 is 15.0 Å². The van der Waals surface area contributed by atoms with Crippen LogP contribution in [0.15, 0.2) is 36.5 Å². The molecule has 4 N–H and O–H groups in total. The summed E-state index contributed by atoms with van der Waals surface area (Å²) in [6.07, 6.45) is 9.31. The number of aromatic nitrogens is 6. The number of carbonyl (C=O) groups is 2. The van der Waals surface area contributed by atoms with Crippen LogP contribution >= 0.6 is 0 Å². The number of anilines is 2. The van der Waals surface area contributed by atoms with E-state index < -0.39 is 0 Å². The molecule has 0 spiro atoms. The number of hydrogen-bond donors (Lipinski definition) is 4. The molecule has 12 heteroatoms. The Morgan fingerprint density at radius 3 is 2.67 bits per heavy atom. The van der Waals surface area contributed by atoms with Crippen molar-refractivity contribution < 1.29 is 14.3 Å². The second kappa shape index (κ2) is 11.3. The second-order valence-corrected chi connectivity index (χ2v) is 10.6. The summed E-state index contributed by atoms with van der Waals surface area (Å²) in [6, 6.07) is 8.68. The predicted octanol–water partition coefficient (Wildman–Crippen LogP) is 4.41. The SMILES string of the molecule is Cc1nc(NC(=O)c2ccc(Oc3ccnc4[nH]nc(N[C@@H]5CCN(C(=O)CCC6CCCC6)C5)c34)cc2)n[nH]1. The largest absolute Gasteiger partial charge is 0.456 e. The number of fused-ring (bicyclic) bond motifs is 1. The molecule has 1 aliphatic carbocycles. The number of aryl methyl sites for hydroxylation is 1. The maximum Gasteiger partial charge on any atom is 0.258 e. The van der Waals surface area contributed by atoms with E-state index in [1.807, 2.05) is 4.90 Å². The number of nitrogens with zero attached hydrogens (tertiary/aromatic N) is 5. The van der Waals surface area contributed by atoms with Gasteiger partial charge in [0.15, 0.2) is 11.5 Å². The summed E-state index contributed by atoms with van der Waals surface area (Å²) in [6.45, 7) is 3.17. The third kappa shape index (κ3) is 5.75. The Morgan fingerprint density at radius 1 is 1.07 bits per heavy atom. The lowest BCUT2D eigenvalue weighted by Gasteiger charge is -2.18. The number of likely N-dealkylation sites (tertiary alicyclic amines) is 1. The summed E-state index contributed by atoms with van der Waals surface area (Å²) in [5, 5.41) is 20.9. The molecular formula is C28H33N9O3. The molecule has 4 heterocycles. The van der Waals surface area contributed by atoms with Gasteiger partial charge in [0.2, 0.25) is 11.9 Å². The number of amides is 2. The quantitative estimate of drug-likeness (QED) is 0.242. The topological polar surface area (TPSA) is 154 Å². The van der Waals surface area contributed by atoms with Gasteiger partial charge in [0.1, 0.15) is 22.7 Å². The van der Waals surface area contributed by atoms with Crippen LogP contribution in [-0.2, 0) is 4.79 Å². The van der Waals surface area contributed by atoms with E-state index in [2.05, 4.69) is 41.0 Å². The van der Waals surface area contributed by atoms with Crippen molar-refractivity contribution in [3.63, 3.8) is 0 Å². The number of pyridine rings is 1. The van der Waals surface area contributed by atoms with Crippen LogP contribution in [0.2, 0.25) is 0 Å². The lowest BCUT2D eigenvalue weighted by molar-refractivity contribution is -0.130. The Labute approximate surface area is 231 Å². The number of nitrogens with one attached hydrogen (secondary N) is 4. The van der Waals surface area contributed by atoms with Crippen molar-refractivity contribution in [2.45, 2.75) is 57.9 Å². The van der Waals surface area contributed by atoms with Crippen molar-refractivity contribution in [1.29, 1.82) is 0 Å². The van der Waals surface area contributed by atoms with E-state index in [0.29, 0.717) is 47.3 Å². The predicted molar refractivity (Wildman–Crippen MR) is 149 cm³/mol. The van der Waals surface area contributed by atoms with Crippen molar-refractivity contribution >= 4 is 34.6 Å². The van der Waals surface area contributed by atoms with Gasteiger partial charge in [0.05, 0.1) is 0 Å². The molecule has 0 bridgehead atoms. The summed E-state index contributed by atoms with van der Waals surface area (Å²) in [5.74, 6) is 3.27. The summed E-state index contributed by atoms with van der Waals surface area (Å²) in [5.41, 5.74) is 1.05. The van der Waals surface area contributed by atoms with Crippen LogP contribution in [0, 0.1) is 12.8 Å². The molecule has 40 heavy (non-hydrogen) atoms. The average Bonchev–Trinajstić information content (AvgIpc) is 3.77. The minimum absolute atomic E-state index is 0.0978. The highest BCUT2D eigenvalue weighted by molar-refractivity contribution is 6.03. The van der Waals surface area contributed by atoms with Crippen molar-refractivity contribution in [1.82, 2.24) is 35.3 Å². The number of hydrogen-bond acceptors (Lipinski definition) is 8. The van der Waals surface area contributed by atoms with Crippen LogP contribution in [0.4, 0.5) is 11.8 Å². The fraction of sp³-hybridized carbons (Fsp3) is 0.429. The molecule has 1 atom stereocenters. The monoisotopic (exact) mass is 543 g/mol. The molecule has 6 rings (SSSR count). The zero-order valence-electron chi connectivity index (χ0n) is 22.4. The molecule has 0 radical (unpaired) electrons. The van der Waals surface area contributed by atoms with Gasteiger partial charge in [-0.15, -0.1) is 5.10 Å². The Kier molecular flexibility index (Phi) is 7.30. The maximum atomic E-state index is 12.8. The number of aromatic amines is 2. The van der Waals surface area contributed by atoms with Crippen LogP contribution in [0.1, 0.15) is 61.1 Å². The van der Waals surface area contributed by atoms with E-state index in [4.69, 9.17) is 4.74 Å². The third-order valence-electron chi connectivity index (χ3n) is 7.71. The first kappa shape index (κ1) is 25.8. The van der Waals surface area contributed by atoms with E-state index in [1.165, 1.54) is 25.7 Å². The molecule has 1 aromatic carbocycles. The lowest BCUT2D eigenvalue weighted by atomic mass is 10.0. The molecule has 1 saturated heterocycles. The van der Waals surface area contributed by atoms with Crippen molar-refractivity contribution in [2.24, 2.45) is 5.92 Å². The van der Waals surface area contributed by atoms with Gasteiger partial charge in [-0.3, -0.25) is 25.1 Å². The second-order valence-electron chi connectivity index (χ2n) is 10.6. The standard InChI is InChI=1S/C28H33N9O3/c1-17-30-28(36-33-17)32-27(39)19-7-9-21(10-8-19)40-22-12-14-29-25-24(22)26(35-34-25)31-20-13-15-37(16-20)23(38)11-6-18-4-2-3-5-18/h7-10,12,14,18,20H,2-6,11,13,15-16H2,1H3,(H2,29,31,34,35)(H2,30,32,33,36,39)/t20-/m1/s1. The van der Waals surface area contributed by atoms with Crippen LogP contribution in [-0.4, -0.2) is 66.2 Å². The molecule has 3 aromatic heterocycles. The highest BCUT2D eigenvalue weighted by Gasteiger charge is 2.28. The molecule has 0 unspecified atom stereocenters. The van der Waals surface area contributed by atoms with Gasteiger partial charge in [-0.2, -0.15) is 10.1 Å². The van der Waals surface area contributed by atoms with Crippen molar-refractivity contribution in [2.75, 3.05) is 23.7 Å². The minimum atomic E-state index is -0.319. The Hall–Kier alpha value is -4.48. The van der Waals surface area contributed by atoms with Crippen molar-refractivity contribution in [3.05, 3.63) is 47.9 Å². The third-order valence-corrected chi connectivity index (χ3v) is 7.71. The smallest absolute Gasteiger partial charge is 0.258 e. The van der Waals surface area contributed by atoms with Crippen LogP contribution in [0.25, 0.3) is 11.0 Å². The van der Waals surface area contributed by atoms with E-state index >= 15 is 0 Å². The Morgan fingerprint density at radius 2 is 1.90 bits per heavy atom. The van der Waals surface area contributed by atoms with Gasteiger partial charge in [0, 0.05) is 43.4 Å². The first-order chi connectivity index (χ1) is 19.5. The zero-order chi connectivity index (χ0) is 27.5. The highest BCUT2D eigenvalue weighted by atomic mass is 16.5. The maximum absolute atomic E-state index is 12.8. The fourth-order valence-corrected chi connectivity index (χ4v) is 5.57. The molecule has 4 aromatic rings. The summed E-state index contributed by atoms with van der Waals surface area (Å²) in [7, 11) is 0. The summed E-state index contributed by atoms with van der Waals surface area (Å²) in [4.78, 5) is 35.8. The summed E-state index contributed by atoms with van der Waals surface area (Å²) < 4.78 is 6.19. The van der Waals surface area contributed by atoms with E-state index in [0.717, 1.165) is 30.7 Å². The van der Waals surface area contributed by atoms with E-state index in [1.54, 1.807) is 43.5 Å². The van der Waals surface area contributed by atoms with E-state index in [-0.39, 0.29) is 23.8 Å². The summed E-state index contributed by atoms with van der Waals surface area (Å²) >= 11 is 0. The molecular weight excluding hydrogens is 510 g/mol. The zero-order valence-corrected chi connectivity index (χ0v) is 22.4. The van der Waals surface area contributed by atoms with Gasteiger partial charge in [-0.25, -0.2) is 4.98 Å².